The van der Waals surface area contributed by atoms with Gasteiger partial charge >= 0.3 is 0 Å². The fraction of sp³-hybridized carbons (Fsp3) is 0.714. The van der Waals surface area contributed by atoms with Crippen LogP contribution in [0.3, 0.4) is 0 Å². The standard InChI is InChI=1S/C7H12O7/c8-1-3(10)5(12)7(14)6(13)4(11)2-9/h3-5,8-12H,1-2H2/t3-,4?,5+/m0/s1. The zero-order valence-electron chi connectivity index (χ0n) is 7.20. The minimum Gasteiger partial charge on any atom is -0.394 e. The van der Waals surface area contributed by atoms with Gasteiger partial charge in [-0.05, 0) is 0 Å². The molecule has 0 amide bonds. The molecule has 0 rings (SSSR count). The Morgan fingerprint density at radius 3 is 1.79 bits per heavy atom. The Balaban J connectivity index is 4.39. The van der Waals surface area contributed by atoms with Crippen LogP contribution in [0.2, 0.25) is 0 Å². The highest BCUT2D eigenvalue weighted by Crippen LogP contribution is 1.98. The number of carbonyl (C=O) groups is 2. The van der Waals surface area contributed by atoms with Gasteiger partial charge in [-0.1, -0.05) is 0 Å². The van der Waals surface area contributed by atoms with Crippen molar-refractivity contribution in [3.8, 4) is 0 Å². The van der Waals surface area contributed by atoms with Gasteiger partial charge in [-0.25, -0.2) is 0 Å². The van der Waals surface area contributed by atoms with Crippen molar-refractivity contribution in [2.45, 2.75) is 18.3 Å². The first-order valence-corrected chi connectivity index (χ1v) is 3.79. The number of Topliss-reactive ketones (excluding diaryl/α,β-unsaturated/α-hetero) is 2. The Morgan fingerprint density at radius 1 is 0.929 bits per heavy atom. The molecule has 0 aromatic heterocycles. The quantitative estimate of drug-likeness (QED) is 0.282. The van der Waals surface area contributed by atoms with Crippen LogP contribution in [0.15, 0.2) is 0 Å². The Kier molecular flexibility index (Phi) is 5.43. The van der Waals surface area contributed by atoms with E-state index in [9.17, 15) is 9.59 Å². The zero-order valence-corrected chi connectivity index (χ0v) is 7.20. The molecular formula is C7H12O7. The highest BCUT2D eigenvalue weighted by molar-refractivity contribution is 6.40. The van der Waals surface area contributed by atoms with Crippen LogP contribution in [-0.2, 0) is 9.59 Å². The summed E-state index contributed by atoms with van der Waals surface area (Å²) in [5.41, 5.74) is 0. The van der Waals surface area contributed by atoms with Crippen LogP contribution < -0.4 is 0 Å². The molecule has 1 unspecified atom stereocenters. The average Bonchev–Trinajstić information content (AvgIpc) is 2.23. The molecule has 0 saturated heterocycles. The molecule has 0 bridgehead atoms. The van der Waals surface area contributed by atoms with Crippen molar-refractivity contribution >= 4 is 11.6 Å². The summed E-state index contributed by atoms with van der Waals surface area (Å²) in [6.45, 7) is -1.85. The van der Waals surface area contributed by atoms with Crippen LogP contribution in [0.4, 0.5) is 0 Å². The second kappa shape index (κ2) is 5.78. The fourth-order valence-corrected chi connectivity index (χ4v) is 0.667. The summed E-state index contributed by atoms with van der Waals surface area (Å²) < 4.78 is 0. The van der Waals surface area contributed by atoms with Crippen molar-refractivity contribution in [3.63, 3.8) is 0 Å². The number of aliphatic hydroxyl groups excluding tert-OH is 5. The third-order valence-corrected chi connectivity index (χ3v) is 1.54. The fourth-order valence-electron chi connectivity index (χ4n) is 0.667. The summed E-state index contributed by atoms with van der Waals surface area (Å²) in [7, 11) is 0. The van der Waals surface area contributed by atoms with E-state index in [1.54, 1.807) is 0 Å². The van der Waals surface area contributed by atoms with Gasteiger partial charge in [-0.3, -0.25) is 9.59 Å². The molecule has 0 spiro atoms. The molecular weight excluding hydrogens is 196 g/mol. The van der Waals surface area contributed by atoms with Gasteiger partial charge in [0.1, 0.15) is 18.3 Å². The predicted molar refractivity (Wildman–Crippen MR) is 42.2 cm³/mol. The van der Waals surface area contributed by atoms with Gasteiger partial charge < -0.3 is 25.5 Å². The van der Waals surface area contributed by atoms with Crippen molar-refractivity contribution in [1.82, 2.24) is 0 Å². The van der Waals surface area contributed by atoms with Gasteiger partial charge in [-0.2, -0.15) is 0 Å². The Hall–Kier alpha value is -0.860. The molecule has 82 valence electrons. The van der Waals surface area contributed by atoms with Crippen LogP contribution in [0, 0.1) is 0 Å². The van der Waals surface area contributed by atoms with E-state index in [2.05, 4.69) is 0 Å². The Labute approximate surface area is 79.2 Å². The first-order chi connectivity index (χ1) is 6.45. The lowest BCUT2D eigenvalue weighted by molar-refractivity contribution is -0.151. The molecule has 0 saturated carbocycles. The molecule has 0 aromatic carbocycles. The molecule has 5 N–H and O–H groups in total. The molecule has 0 aliphatic carbocycles. The molecule has 0 aliphatic heterocycles. The Morgan fingerprint density at radius 2 is 1.43 bits per heavy atom. The van der Waals surface area contributed by atoms with Gasteiger partial charge in [0.15, 0.2) is 0 Å². The highest BCUT2D eigenvalue weighted by Gasteiger charge is 2.32. The van der Waals surface area contributed by atoms with E-state index in [0.717, 1.165) is 0 Å². The molecule has 0 heterocycles. The lowest BCUT2D eigenvalue weighted by Gasteiger charge is -2.14. The lowest BCUT2D eigenvalue weighted by atomic mass is 10.0. The molecule has 3 atom stereocenters. The van der Waals surface area contributed by atoms with Gasteiger partial charge in [0.05, 0.1) is 13.2 Å². The van der Waals surface area contributed by atoms with Crippen molar-refractivity contribution in [3.05, 3.63) is 0 Å². The normalized spacial score (nSPS) is 17.2. The number of aliphatic hydroxyl groups is 5. The molecule has 7 nitrogen and oxygen atoms in total. The number of ketones is 2. The van der Waals surface area contributed by atoms with Gasteiger partial charge in [0.25, 0.3) is 0 Å². The summed E-state index contributed by atoms with van der Waals surface area (Å²) in [6, 6.07) is 0. The van der Waals surface area contributed by atoms with Crippen molar-refractivity contribution in [2.24, 2.45) is 0 Å². The smallest absolute Gasteiger partial charge is 0.232 e. The van der Waals surface area contributed by atoms with Gasteiger partial charge in [-0.15, -0.1) is 0 Å². The van der Waals surface area contributed by atoms with Crippen LogP contribution in [-0.4, -0.2) is 68.6 Å². The van der Waals surface area contributed by atoms with E-state index in [4.69, 9.17) is 25.5 Å². The minimum atomic E-state index is -2.09. The zero-order chi connectivity index (χ0) is 11.3. The SMILES string of the molecule is O=C(C(=O)[C@H](O)[C@@H](O)CO)C(O)CO. The molecule has 0 radical (unpaired) electrons. The molecule has 0 fully saturated rings. The highest BCUT2D eigenvalue weighted by atomic mass is 16.4. The topological polar surface area (TPSA) is 135 Å². The average molecular weight is 208 g/mol. The van der Waals surface area contributed by atoms with E-state index in [1.807, 2.05) is 0 Å². The van der Waals surface area contributed by atoms with Crippen molar-refractivity contribution in [2.75, 3.05) is 13.2 Å². The minimum absolute atomic E-state index is 0.893. The predicted octanol–water partition coefficient (Wildman–Crippen LogP) is -3.81. The van der Waals surface area contributed by atoms with Crippen LogP contribution in [0.25, 0.3) is 0 Å². The van der Waals surface area contributed by atoms with E-state index in [0.29, 0.717) is 0 Å². The summed E-state index contributed by atoms with van der Waals surface area (Å²) >= 11 is 0. The molecule has 7 heteroatoms. The maximum atomic E-state index is 10.9. The van der Waals surface area contributed by atoms with Crippen molar-refractivity contribution in [1.29, 1.82) is 0 Å². The third-order valence-electron chi connectivity index (χ3n) is 1.54. The maximum absolute atomic E-state index is 10.9. The van der Waals surface area contributed by atoms with Crippen molar-refractivity contribution < 1.29 is 35.1 Å². The third kappa shape index (κ3) is 3.13. The first kappa shape index (κ1) is 13.1. The number of hydrogen-bond donors (Lipinski definition) is 5. The van der Waals surface area contributed by atoms with E-state index in [1.165, 1.54) is 0 Å². The number of carbonyl (C=O) groups excluding carboxylic acids is 2. The number of rotatable bonds is 6. The summed E-state index contributed by atoms with van der Waals surface area (Å²) in [6.07, 6.45) is -5.78. The first-order valence-electron chi connectivity index (χ1n) is 3.79. The van der Waals surface area contributed by atoms with Gasteiger partial charge in [0, 0.05) is 0 Å². The summed E-state index contributed by atoms with van der Waals surface area (Å²) in [4.78, 5) is 21.7. The summed E-state index contributed by atoms with van der Waals surface area (Å²) in [5.74, 6) is -2.86. The number of hydrogen-bond acceptors (Lipinski definition) is 7. The summed E-state index contributed by atoms with van der Waals surface area (Å²) in [5, 5.41) is 43.1. The molecule has 14 heavy (non-hydrogen) atoms. The van der Waals surface area contributed by atoms with Crippen LogP contribution in [0.5, 0.6) is 0 Å². The Bertz CT molecular complexity index is 214. The van der Waals surface area contributed by atoms with Gasteiger partial charge in [0.2, 0.25) is 11.6 Å². The largest absolute Gasteiger partial charge is 0.394 e. The lowest BCUT2D eigenvalue weighted by Crippen LogP contribution is -2.44. The van der Waals surface area contributed by atoms with E-state index >= 15 is 0 Å². The molecule has 0 aromatic rings. The van der Waals surface area contributed by atoms with E-state index in [-0.39, 0.29) is 0 Å². The van der Waals surface area contributed by atoms with E-state index < -0.39 is 43.1 Å². The monoisotopic (exact) mass is 208 g/mol. The second-order valence-corrected chi connectivity index (χ2v) is 2.62. The van der Waals surface area contributed by atoms with Crippen LogP contribution >= 0.6 is 0 Å². The maximum Gasteiger partial charge on any atom is 0.232 e. The molecule has 0 aliphatic rings. The van der Waals surface area contributed by atoms with Crippen LogP contribution in [0.1, 0.15) is 0 Å². The second-order valence-electron chi connectivity index (χ2n) is 2.62.